The number of nitrogens with one attached hydrogen (secondary N) is 1. The van der Waals surface area contributed by atoms with Crippen molar-refractivity contribution >= 4 is 11.9 Å². The fourth-order valence-electron chi connectivity index (χ4n) is 5.54. The minimum absolute atomic E-state index is 0.151. The smallest absolute Gasteiger partial charge is 0.312 e. The molecule has 0 radical (unpaired) electrons. The van der Waals surface area contributed by atoms with Gasteiger partial charge in [0.15, 0.2) is 6.61 Å². The standard InChI is InChI=1S/C19H25NO4/c1-12(16-3-2-4-23-16)20-17(21)11-24-18(22)19-8-13-5-14(9-19)7-15(6-13)10-19/h2-4,12-15H,5-11H2,1H3,(H,20,21)/t12-,13?,14?,15?,19?/m0/s1. The van der Waals surface area contributed by atoms with Gasteiger partial charge in [-0.1, -0.05) is 0 Å². The van der Waals surface area contributed by atoms with Gasteiger partial charge in [0.25, 0.3) is 5.91 Å². The van der Waals surface area contributed by atoms with E-state index < -0.39 is 0 Å². The number of furan rings is 1. The number of amides is 1. The van der Waals surface area contributed by atoms with Crippen molar-refractivity contribution in [3.63, 3.8) is 0 Å². The number of esters is 1. The van der Waals surface area contributed by atoms with Crippen LogP contribution in [0.3, 0.4) is 0 Å². The van der Waals surface area contributed by atoms with Gasteiger partial charge in [-0.25, -0.2) is 0 Å². The molecule has 5 nitrogen and oxygen atoms in total. The summed E-state index contributed by atoms with van der Waals surface area (Å²) in [5.41, 5.74) is -0.304. The van der Waals surface area contributed by atoms with Crippen LogP contribution < -0.4 is 5.32 Å². The number of hydrogen-bond donors (Lipinski definition) is 1. The van der Waals surface area contributed by atoms with Gasteiger partial charge in [0, 0.05) is 0 Å². The van der Waals surface area contributed by atoms with E-state index in [-0.39, 0.29) is 29.9 Å². The molecule has 0 aromatic carbocycles. The lowest BCUT2D eigenvalue weighted by Crippen LogP contribution is -2.51. The second-order valence-corrected chi connectivity index (χ2v) is 8.08. The second kappa shape index (κ2) is 5.94. The lowest BCUT2D eigenvalue weighted by Gasteiger charge is -2.55. The van der Waals surface area contributed by atoms with Gasteiger partial charge in [-0.3, -0.25) is 9.59 Å². The van der Waals surface area contributed by atoms with Gasteiger partial charge in [0.05, 0.1) is 17.7 Å². The summed E-state index contributed by atoms with van der Waals surface area (Å²) in [5, 5.41) is 2.80. The Labute approximate surface area is 142 Å². The first kappa shape index (κ1) is 15.7. The molecule has 0 spiro atoms. The van der Waals surface area contributed by atoms with Crippen molar-refractivity contribution in [2.24, 2.45) is 23.2 Å². The van der Waals surface area contributed by atoms with Crippen molar-refractivity contribution in [2.45, 2.75) is 51.5 Å². The largest absolute Gasteiger partial charge is 0.467 e. The Morgan fingerprint density at radius 3 is 2.42 bits per heavy atom. The summed E-state index contributed by atoms with van der Waals surface area (Å²) in [7, 11) is 0. The van der Waals surface area contributed by atoms with Crippen LogP contribution in [0.1, 0.15) is 57.3 Å². The van der Waals surface area contributed by atoms with Gasteiger partial charge in [-0.05, 0) is 75.3 Å². The first-order valence-corrected chi connectivity index (χ1v) is 9.04. The summed E-state index contributed by atoms with van der Waals surface area (Å²) < 4.78 is 10.7. The maximum absolute atomic E-state index is 12.7. The molecule has 0 saturated heterocycles. The molecular weight excluding hydrogens is 306 g/mol. The lowest BCUT2D eigenvalue weighted by molar-refractivity contribution is -0.173. The minimum Gasteiger partial charge on any atom is -0.467 e. The van der Waals surface area contributed by atoms with Gasteiger partial charge in [-0.2, -0.15) is 0 Å². The van der Waals surface area contributed by atoms with E-state index in [1.165, 1.54) is 19.3 Å². The molecule has 1 aromatic heterocycles. The summed E-state index contributed by atoms with van der Waals surface area (Å²) in [5.74, 6) is 2.33. The van der Waals surface area contributed by atoms with E-state index in [0.717, 1.165) is 19.3 Å². The van der Waals surface area contributed by atoms with E-state index >= 15 is 0 Å². The third-order valence-electron chi connectivity index (χ3n) is 6.15. The Balaban J connectivity index is 1.31. The monoisotopic (exact) mass is 331 g/mol. The van der Waals surface area contributed by atoms with Crippen molar-refractivity contribution < 1.29 is 18.7 Å². The lowest BCUT2D eigenvalue weighted by atomic mass is 9.49. The third-order valence-corrected chi connectivity index (χ3v) is 6.15. The van der Waals surface area contributed by atoms with Crippen molar-refractivity contribution in [1.82, 2.24) is 5.32 Å². The molecule has 0 unspecified atom stereocenters. The average molecular weight is 331 g/mol. The Morgan fingerprint density at radius 2 is 1.88 bits per heavy atom. The van der Waals surface area contributed by atoms with E-state index in [0.29, 0.717) is 23.5 Å². The van der Waals surface area contributed by atoms with Gasteiger partial charge >= 0.3 is 5.97 Å². The Bertz CT molecular complexity index is 586. The number of carbonyl (C=O) groups excluding carboxylic acids is 2. The second-order valence-electron chi connectivity index (χ2n) is 8.08. The number of ether oxygens (including phenoxy) is 1. The highest BCUT2D eigenvalue weighted by Crippen LogP contribution is 2.60. The first-order valence-electron chi connectivity index (χ1n) is 9.04. The van der Waals surface area contributed by atoms with E-state index in [9.17, 15) is 9.59 Å². The van der Waals surface area contributed by atoms with Gasteiger partial charge in [-0.15, -0.1) is 0 Å². The van der Waals surface area contributed by atoms with Crippen LogP contribution in [0.15, 0.2) is 22.8 Å². The zero-order valence-electron chi connectivity index (χ0n) is 14.1. The summed E-state index contributed by atoms with van der Waals surface area (Å²) in [6.45, 7) is 1.64. The fraction of sp³-hybridized carbons (Fsp3) is 0.684. The summed E-state index contributed by atoms with van der Waals surface area (Å²) in [4.78, 5) is 24.7. The molecule has 130 valence electrons. The zero-order valence-corrected chi connectivity index (χ0v) is 14.1. The molecule has 1 N–H and O–H groups in total. The van der Waals surface area contributed by atoms with Crippen LogP contribution in [-0.4, -0.2) is 18.5 Å². The van der Waals surface area contributed by atoms with Crippen LogP contribution in [0, 0.1) is 23.2 Å². The average Bonchev–Trinajstić information content (AvgIpc) is 3.05. The Hall–Kier alpha value is -1.78. The molecule has 4 saturated carbocycles. The van der Waals surface area contributed by atoms with Crippen LogP contribution in [0.5, 0.6) is 0 Å². The zero-order chi connectivity index (χ0) is 16.7. The van der Waals surface area contributed by atoms with E-state index in [1.807, 2.05) is 13.0 Å². The molecular formula is C19H25NO4. The Kier molecular flexibility index (Phi) is 3.89. The molecule has 4 aliphatic carbocycles. The minimum atomic E-state index is -0.304. The summed E-state index contributed by atoms with van der Waals surface area (Å²) >= 11 is 0. The highest BCUT2D eigenvalue weighted by Gasteiger charge is 2.55. The van der Waals surface area contributed by atoms with Gasteiger partial charge in [0.2, 0.25) is 0 Å². The summed E-state index contributed by atoms with van der Waals surface area (Å²) in [6, 6.07) is 3.36. The topological polar surface area (TPSA) is 68.5 Å². The Morgan fingerprint density at radius 1 is 1.25 bits per heavy atom. The predicted octanol–water partition coefficient (Wildman–Crippen LogP) is 3.22. The van der Waals surface area contributed by atoms with Crippen molar-refractivity contribution in [1.29, 1.82) is 0 Å². The van der Waals surface area contributed by atoms with Crippen molar-refractivity contribution in [2.75, 3.05) is 6.61 Å². The molecule has 1 heterocycles. The molecule has 1 amide bonds. The maximum Gasteiger partial charge on any atom is 0.312 e. The van der Waals surface area contributed by atoms with Crippen LogP contribution in [-0.2, 0) is 14.3 Å². The quantitative estimate of drug-likeness (QED) is 0.841. The third kappa shape index (κ3) is 2.85. The molecule has 1 aromatic rings. The maximum atomic E-state index is 12.7. The highest BCUT2D eigenvalue weighted by atomic mass is 16.5. The van der Waals surface area contributed by atoms with Crippen molar-refractivity contribution in [3.8, 4) is 0 Å². The first-order chi connectivity index (χ1) is 11.5. The molecule has 5 heteroatoms. The number of hydrogen-bond acceptors (Lipinski definition) is 4. The number of carbonyl (C=O) groups is 2. The van der Waals surface area contributed by atoms with Crippen LogP contribution in [0.4, 0.5) is 0 Å². The SMILES string of the molecule is C[C@H](NC(=O)COC(=O)C12CC3CC(CC(C3)C1)C2)c1ccco1. The van der Waals surface area contributed by atoms with Gasteiger partial charge < -0.3 is 14.5 Å². The molecule has 24 heavy (non-hydrogen) atoms. The predicted molar refractivity (Wildman–Crippen MR) is 86.8 cm³/mol. The van der Waals surface area contributed by atoms with Crippen molar-refractivity contribution in [3.05, 3.63) is 24.2 Å². The summed E-state index contributed by atoms with van der Waals surface area (Å²) in [6.07, 6.45) is 8.31. The van der Waals surface area contributed by atoms with E-state index in [2.05, 4.69) is 5.32 Å². The van der Waals surface area contributed by atoms with Crippen LogP contribution >= 0.6 is 0 Å². The fourth-order valence-corrected chi connectivity index (χ4v) is 5.54. The molecule has 4 bridgehead atoms. The molecule has 4 aliphatic rings. The van der Waals surface area contributed by atoms with E-state index in [1.54, 1.807) is 12.3 Å². The van der Waals surface area contributed by atoms with E-state index in [4.69, 9.17) is 9.15 Å². The van der Waals surface area contributed by atoms with Crippen LogP contribution in [0.25, 0.3) is 0 Å². The molecule has 4 fully saturated rings. The molecule has 5 rings (SSSR count). The number of rotatable bonds is 5. The highest BCUT2D eigenvalue weighted by molar-refractivity contribution is 5.83. The van der Waals surface area contributed by atoms with Gasteiger partial charge in [0.1, 0.15) is 5.76 Å². The molecule has 1 atom stereocenters. The molecule has 0 aliphatic heterocycles. The normalized spacial score (nSPS) is 34.8. The van der Waals surface area contributed by atoms with Crippen LogP contribution in [0.2, 0.25) is 0 Å².